The summed E-state index contributed by atoms with van der Waals surface area (Å²) < 4.78 is 5.36. The minimum Gasteiger partial charge on any atom is -0.359 e. The number of aromatic nitrogens is 2. The van der Waals surface area contributed by atoms with Crippen LogP contribution < -0.4 is 11.1 Å². The molecule has 1 aliphatic rings. The summed E-state index contributed by atoms with van der Waals surface area (Å²) >= 11 is 0. The topological polar surface area (TPSA) is 118 Å². The van der Waals surface area contributed by atoms with Crippen LogP contribution in [0.5, 0.6) is 0 Å². The molecule has 0 radical (unpaired) electrons. The van der Waals surface area contributed by atoms with Crippen molar-refractivity contribution in [2.45, 2.75) is 19.3 Å². The molecule has 35 heavy (non-hydrogen) atoms. The maximum atomic E-state index is 12.8. The molecule has 1 aliphatic heterocycles. The monoisotopic (exact) mass is 470 g/mol. The Morgan fingerprint density at radius 1 is 1.11 bits per heavy atom. The molecule has 9 heteroatoms. The van der Waals surface area contributed by atoms with Crippen molar-refractivity contribution >= 4 is 22.7 Å². The van der Waals surface area contributed by atoms with Crippen LogP contribution in [0.4, 0.5) is 0 Å². The van der Waals surface area contributed by atoms with Crippen molar-refractivity contribution in [1.29, 1.82) is 0 Å². The summed E-state index contributed by atoms with van der Waals surface area (Å²) in [6.45, 7) is 1.02. The van der Waals surface area contributed by atoms with Gasteiger partial charge in [0.1, 0.15) is 12.2 Å². The highest BCUT2D eigenvalue weighted by Crippen LogP contribution is 2.20. The maximum Gasteiger partial charge on any atom is 0.242 e. The van der Waals surface area contributed by atoms with Gasteiger partial charge in [0.25, 0.3) is 0 Å². The van der Waals surface area contributed by atoms with Crippen LogP contribution in [0.25, 0.3) is 22.2 Å². The van der Waals surface area contributed by atoms with E-state index in [0.29, 0.717) is 18.8 Å². The number of piperazine rings is 1. The molecular weight excluding hydrogens is 444 g/mol. The van der Waals surface area contributed by atoms with Gasteiger partial charge >= 0.3 is 0 Å². The molecule has 1 unspecified atom stereocenters. The van der Waals surface area contributed by atoms with Gasteiger partial charge in [0.15, 0.2) is 5.76 Å². The largest absolute Gasteiger partial charge is 0.359 e. The highest BCUT2D eigenvalue weighted by atomic mass is 16.5. The minimum absolute atomic E-state index is 0.0390. The first-order valence-corrected chi connectivity index (χ1v) is 11.5. The lowest BCUT2D eigenvalue weighted by molar-refractivity contribution is -0.148. The average molecular weight is 471 g/mol. The van der Waals surface area contributed by atoms with E-state index < -0.39 is 6.17 Å². The van der Waals surface area contributed by atoms with Crippen molar-refractivity contribution in [3.8, 4) is 11.3 Å². The number of nitrogens with one attached hydrogen (secondary N) is 1. The van der Waals surface area contributed by atoms with Gasteiger partial charge in [-0.15, -0.1) is 0 Å². The summed E-state index contributed by atoms with van der Waals surface area (Å²) in [4.78, 5) is 33.1. The van der Waals surface area contributed by atoms with Crippen LogP contribution >= 0.6 is 0 Å². The van der Waals surface area contributed by atoms with Crippen LogP contribution in [-0.2, 0) is 22.7 Å². The van der Waals surface area contributed by atoms with Crippen molar-refractivity contribution in [1.82, 2.24) is 25.3 Å². The molecule has 2 aromatic carbocycles. The Labute approximate surface area is 202 Å². The fourth-order valence-corrected chi connectivity index (χ4v) is 4.26. The number of pyridine rings is 1. The standard InChI is InChI=1S/C26H26N6O3/c27-24-16-31(15-19-8-4-10-22-21(19)9-5-11-29-22)26(34)17-32(24)25(33)14-28-13-20-12-23(30-35-20)18-6-2-1-3-7-18/h1-12,24,28H,13-17,27H2. The van der Waals surface area contributed by atoms with E-state index in [4.69, 9.17) is 10.3 Å². The van der Waals surface area contributed by atoms with Crippen LogP contribution in [0, 0.1) is 0 Å². The highest BCUT2D eigenvalue weighted by molar-refractivity contribution is 5.88. The average Bonchev–Trinajstić information content (AvgIpc) is 3.36. The van der Waals surface area contributed by atoms with Crippen LogP contribution in [0.3, 0.4) is 0 Å². The molecular formula is C26H26N6O3. The number of benzene rings is 2. The molecule has 3 N–H and O–H groups in total. The molecule has 2 amide bonds. The molecule has 4 aromatic rings. The number of carbonyl (C=O) groups excluding carboxylic acids is 2. The maximum absolute atomic E-state index is 12.8. The second kappa shape index (κ2) is 10.0. The predicted octanol–water partition coefficient (Wildman–Crippen LogP) is 2.14. The van der Waals surface area contributed by atoms with E-state index in [0.717, 1.165) is 27.7 Å². The predicted molar refractivity (Wildman–Crippen MR) is 130 cm³/mol. The number of rotatable bonds is 7. The number of hydrogen-bond donors (Lipinski definition) is 2. The van der Waals surface area contributed by atoms with E-state index in [1.165, 1.54) is 4.90 Å². The zero-order valence-corrected chi connectivity index (χ0v) is 19.1. The fraction of sp³-hybridized carbons (Fsp3) is 0.231. The van der Waals surface area contributed by atoms with Gasteiger partial charge < -0.3 is 25.4 Å². The molecule has 0 spiro atoms. The number of nitrogens with zero attached hydrogens (tertiary/aromatic N) is 4. The molecule has 0 saturated carbocycles. The van der Waals surface area contributed by atoms with E-state index in [1.807, 2.05) is 66.7 Å². The Bertz CT molecular complexity index is 1330. The number of nitrogens with two attached hydrogens (primary N) is 1. The Hall–Kier alpha value is -4.08. The SMILES string of the molecule is NC1CN(Cc2cccc3ncccc23)C(=O)CN1C(=O)CNCc1cc(-c2ccccc2)no1. The first-order valence-electron chi connectivity index (χ1n) is 11.5. The van der Waals surface area contributed by atoms with E-state index in [2.05, 4.69) is 15.5 Å². The third kappa shape index (κ3) is 5.06. The molecule has 0 bridgehead atoms. The van der Waals surface area contributed by atoms with Gasteiger partial charge in [-0.05, 0) is 17.7 Å². The van der Waals surface area contributed by atoms with Gasteiger partial charge in [0, 0.05) is 29.8 Å². The molecule has 3 heterocycles. The minimum atomic E-state index is -0.579. The van der Waals surface area contributed by atoms with Gasteiger partial charge in [-0.2, -0.15) is 0 Å². The molecule has 1 saturated heterocycles. The van der Waals surface area contributed by atoms with Crippen molar-refractivity contribution in [3.63, 3.8) is 0 Å². The first-order chi connectivity index (χ1) is 17.1. The van der Waals surface area contributed by atoms with Crippen LogP contribution in [0.1, 0.15) is 11.3 Å². The lowest BCUT2D eigenvalue weighted by Crippen LogP contribution is -2.62. The summed E-state index contributed by atoms with van der Waals surface area (Å²) in [7, 11) is 0. The van der Waals surface area contributed by atoms with Gasteiger partial charge in [0.2, 0.25) is 11.8 Å². The van der Waals surface area contributed by atoms with Crippen molar-refractivity contribution in [2.75, 3.05) is 19.6 Å². The third-order valence-corrected chi connectivity index (χ3v) is 6.09. The van der Waals surface area contributed by atoms with Crippen LogP contribution in [0.15, 0.2) is 77.4 Å². The Kier molecular flexibility index (Phi) is 6.51. The van der Waals surface area contributed by atoms with E-state index in [1.54, 1.807) is 11.1 Å². The van der Waals surface area contributed by atoms with Gasteiger partial charge in [0.05, 0.1) is 31.3 Å². The second-order valence-corrected chi connectivity index (χ2v) is 8.50. The molecule has 1 atom stereocenters. The van der Waals surface area contributed by atoms with Crippen molar-refractivity contribution in [2.24, 2.45) is 5.73 Å². The molecule has 178 valence electrons. The molecule has 9 nitrogen and oxygen atoms in total. The Morgan fingerprint density at radius 2 is 1.97 bits per heavy atom. The molecule has 1 fully saturated rings. The second-order valence-electron chi connectivity index (χ2n) is 8.50. The normalized spacial score (nSPS) is 16.1. The van der Waals surface area contributed by atoms with Crippen LogP contribution in [-0.4, -0.2) is 57.6 Å². The molecule has 0 aliphatic carbocycles. The summed E-state index contributed by atoms with van der Waals surface area (Å²) in [5, 5.41) is 8.13. The smallest absolute Gasteiger partial charge is 0.242 e. The Balaban J connectivity index is 1.15. The lowest BCUT2D eigenvalue weighted by atomic mass is 10.1. The van der Waals surface area contributed by atoms with E-state index in [9.17, 15) is 9.59 Å². The van der Waals surface area contributed by atoms with Gasteiger partial charge in [-0.1, -0.05) is 53.7 Å². The van der Waals surface area contributed by atoms with E-state index in [-0.39, 0.29) is 31.4 Å². The first kappa shape index (κ1) is 22.7. The summed E-state index contributed by atoms with van der Waals surface area (Å²) in [5.74, 6) is 0.248. The van der Waals surface area contributed by atoms with E-state index >= 15 is 0 Å². The van der Waals surface area contributed by atoms with Crippen LogP contribution in [0.2, 0.25) is 0 Å². The Morgan fingerprint density at radius 3 is 2.83 bits per heavy atom. The quantitative estimate of drug-likeness (QED) is 0.425. The van der Waals surface area contributed by atoms with Crippen molar-refractivity contribution in [3.05, 3.63) is 84.3 Å². The van der Waals surface area contributed by atoms with Crippen molar-refractivity contribution < 1.29 is 14.1 Å². The number of hydrogen-bond acceptors (Lipinski definition) is 7. The molecule has 2 aromatic heterocycles. The summed E-state index contributed by atoms with van der Waals surface area (Å²) in [5.41, 5.74) is 9.87. The number of fused-ring (bicyclic) bond motifs is 1. The number of carbonyl (C=O) groups is 2. The highest BCUT2D eigenvalue weighted by Gasteiger charge is 2.32. The summed E-state index contributed by atoms with van der Waals surface area (Å²) in [6, 6.07) is 21.3. The zero-order valence-electron chi connectivity index (χ0n) is 19.1. The third-order valence-electron chi connectivity index (χ3n) is 6.09. The lowest BCUT2D eigenvalue weighted by Gasteiger charge is -2.39. The summed E-state index contributed by atoms with van der Waals surface area (Å²) in [6.07, 6.45) is 1.17. The molecule has 5 rings (SSSR count). The fourth-order valence-electron chi connectivity index (χ4n) is 4.26. The number of amides is 2. The van der Waals surface area contributed by atoms with Gasteiger partial charge in [-0.3, -0.25) is 14.6 Å². The zero-order chi connectivity index (χ0) is 24.2. The van der Waals surface area contributed by atoms with Gasteiger partial charge in [-0.25, -0.2) is 0 Å².